The Morgan fingerprint density at radius 2 is 2.00 bits per heavy atom. The summed E-state index contributed by atoms with van der Waals surface area (Å²) in [5.74, 6) is 0.318. The molecule has 0 fully saturated rings. The highest BCUT2D eigenvalue weighted by Crippen LogP contribution is 2.21. The molecule has 0 radical (unpaired) electrons. The van der Waals surface area contributed by atoms with Crippen LogP contribution in [0, 0.1) is 0 Å². The minimum absolute atomic E-state index is 0.0108. The van der Waals surface area contributed by atoms with Crippen LogP contribution >= 0.6 is 11.8 Å². The number of thioether (sulfide) groups is 1. The molecule has 0 aliphatic rings. The van der Waals surface area contributed by atoms with E-state index >= 15 is 0 Å². The molecule has 0 saturated heterocycles. The lowest BCUT2D eigenvalue weighted by atomic mass is 10.1. The Morgan fingerprint density at radius 3 is 2.67 bits per heavy atom. The molecule has 122 valence electrons. The van der Waals surface area contributed by atoms with Gasteiger partial charge in [-0.15, -0.1) is 5.10 Å². The highest BCUT2D eigenvalue weighted by Gasteiger charge is 2.17. The smallest absolute Gasteiger partial charge is 0.253 e. The number of ketones is 1. The van der Waals surface area contributed by atoms with Crippen molar-refractivity contribution in [1.82, 2.24) is 19.6 Å². The predicted octanol–water partition coefficient (Wildman–Crippen LogP) is 2.45. The number of nitrogens with one attached hydrogen (secondary N) is 1. The monoisotopic (exact) mass is 341 g/mol. The van der Waals surface area contributed by atoms with Gasteiger partial charge in [0.05, 0.1) is 5.25 Å². The van der Waals surface area contributed by atoms with Gasteiger partial charge in [0, 0.05) is 23.6 Å². The number of anilines is 1. The fourth-order valence-electron chi connectivity index (χ4n) is 2.01. The lowest BCUT2D eigenvalue weighted by molar-refractivity contribution is -0.115. The lowest BCUT2D eigenvalue weighted by Gasteiger charge is -2.10. The average molecular weight is 341 g/mol. The normalized spacial score (nSPS) is 12.1. The van der Waals surface area contributed by atoms with Crippen molar-refractivity contribution >= 4 is 34.9 Å². The maximum absolute atomic E-state index is 12.3. The third-order valence-corrected chi connectivity index (χ3v) is 4.26. The molecule has 1 atom stereocenters. The Bertz CT molecular complexity index is 858. The first-order valence-electron chi connectivity index (χ1n) is 7.29. The van der Waals surface area contributed by atoms with E-state index in [1.165, 1.54) is 18.7 Å². The van der Waals surface area contributed by atoms with Crippen molar-refractivity contribution in [1.29, 1.82) is 0 Å². The maximum atomic E-state index is 12.3. The second kappa shape index (κ2) is 6.79. The van der Waals surface area contributed by atoms with Crippen molar-refractivity contribution in [3.8, 4) is 0 Å². The van der Waals surface area contributed by atoms with Gasteiger partial charge in [-0.05, 0) is 44.2 Å². The Morgan fingerprint density at radius 1 is 1.25 bits per heavy atom. The van der Waals surface area contributed by atoms with Gasteiger partial charge in [-0.2, -0.15) is 4.98 Å². The molecule has 2 heterocycles. The molecule has 1 unspecified atom stereocenters. The van der Waals surface area contributed by atoms with E-state index in [-0.39, 0.29) is 16.9 Å². The largest absolute Gasteiger partial charge is 0.325 e. The molecule has 0 bridgehead atoms. The molecular weight excluding hydrogens is 326 g/mol. The van der Waals surface area contributed by atoms with Crippen LogP contribution in [-0.2, 0) is 4.79 Å². The van der Waals surface area contributed by atoms with Gasteiger partial charge in [0.2, 0.25) is 11.1 Å². The number of nitrogens with zero attached hydrogens (tertiary/aromatic N) is 4. The van der Waals surface area contributed by atoms with Crippen molar-refractivity contribution in [2.75, 3.05) is 5.32 Å². The van der Waals surface area contributed by atoms with E-state index in [4.69, 9.17) is 0 Å². The summed E-state index contributed by atoms with van der Waals surface area (Å²) in [7, 11) is 0. The van der Waals surface area contributed by atoms with Gasteiger partial charge in [-0.1, -0.05) is 11.8 Å². The molecule has 8 heteroatoms. The Labute approximate surface area is 142 Å². The molecule has 1 N–H and O–H groups in total. The van der Waals surface area contributed by atoms with E-state index in [2.05, 4.69) is 20.4 Å². The molecule has 3 rings (SSSR count). The first-order valence-corrected chi connectivity index (χ1v) is 8.17. The molecule has 7 nitrogen and oxygen atoms in total. The number of hydrogen-bond donors (Lipinski definition) is 1. The zero-order valence-corrected chi connectivity index (χ0v) is 13.9. The van der Waals surface area contributed by atoms with Crippen LogP contribution in [0.15, 0.2) is 47.9 Å². The van der Waals surface area contributed by atoms with Crippen LogP contribution in [0.2, 0.25) is 0 Å². The number of rotatable bonds is 5. The number of benzene rings is 1. The minimum atomic E-state index is -0.380. The van der Waals surface area contributed by atoms with E-state index in [0.29, 0.717) is 22.2 Å². The number of aromatic nitrogens is 4. The fourth-order valence-corrected chi connectivity index (χ4v) is 2.76. The quantitative estimate of drug-likeness (QED) is 0.566. The Kier molecular flexibility index (Phi) is 4.57. The predicted molar refractivity (Wildman–Crippen MR) is 91.2 cm³/mol. The topological polar surface area (TPSA) is 89.2 Å². The van der Waals surface area contributed by atoms with E-state index in [0.717, 1.165) is 0 Å². The highest BCUT2D eigenvalue weighted by molar-refractivity contribution is 8.00. The molecule has 2 aromatic heterocycles. The first-order chi connectivity index (χ1) is 11.5. The molecule has 0 aliphatic carbocycles. The van der Waals surface area contributed by atoms with Crippen LogP contribution in [0.3, 0.4) is 0 Å². The number of Topliss-reactive ketones (excluding diaryl/α,β-unsaturated/α-hetero) is 1. The van der Waals surface area contributed by atoms with Crippen molar-refractivity contribution in [2.24, 2.45) is 0 Å². The van der Waals surface area contributed by atoms with Gasteiger partial charge in [0.25, 0.3) is 5.78 Å². The first kappa shape index (κ1) is 16.1. The summed E-state index contributed by atoms with van der Waals surface area (Å²) in [6.07, 6.45) is 3.39. The van der Waals surface area contributed by atoms with Gasteiger partial charge >= 0.3 is 0 Å². The van der Waals surface area contributed by atoms with Crippen LogP contribution in [0.1, 0.15) is 24.2 Å². The van der Waals surface area contributed by atoms with Gasteiger partial charge in [0.1, 0.15) is 0 Å². The lowest BCUT2D eigenvalue weighted by Crippen LogP contribution is -2.22. The molecule has 0 aliphatic heterocycles. The maximum Gasteiger partial charge on any atom is 0.253 e. The molecular formula is C16H15N5O2S. The SMILES string of the molecule is CC(=O)c1ccc(NC(=O)C(C)Sc2nc3ncccn3n2)cc1. The third-order valence-electron chi connectivity index (χ3n) is 3.31. The second-order valence-corrected chi connectivity index (χ2v) is 6.45. The summed E-state index contributed by atoms with van der Waals surface area (Å²) >= 11 is 1.26. The van der Waals surface area contributed by atoms with E-state index in [9.17, 15) is 9.59 Å². The van der Waals surface area contributed by atoms with Gasteiger partial charge < -0.3 is 5.32 Å². The molecule has 1 aromatic carbocycles. The molecule has 3 aromatic rings. The van der Waals surface area contributed by atoms with Gasteiger partial charge in [-0.25, -0.2) is 9.50 Å². The fraction of sp³-hybridized carbons (Fsp3) is 0.188. The van der Waals surface area contributed by atoms with Crippen LogP contribution in [0.25, 0.3) is 5.78 Å². The third kappa shape index (κ3) is 3.60. The molecule has 24 heavy (non-hydrogen) atoms. The van der Waals surface area contributed by atoms with Crippen molar-refractivity contribution in [3.63, 3.8) is 0 Å². The number of carbonyl (C=O) groups is 2. The number of fused-ring (bicyclic) bond motifs is 1. The number of hydrogen-bond acceptors (Lipinski definition) is 6. The van der Waals surface area contributed by atoms with Crippen molar-refractivity contribution in [3.05, 3.63) is 48.3 Å². The average Bonchev–Trinajstić information content (AvgIpc) is 2.97. The van der Waals surface area contributed by atoms with Crippen LogP contribution < -0.4 is 5.32 Å². The van der Waals surface area contributed by atoms with Crippen molar-refractivity contribution < 1.29 is 9.59 Å². The molecule has 0 spiro atoms. The van der Waals surface area contributed by atoms with Crippen LogP contribution in [-0.4, -0.2) is 36.5 Å². The van der Waals surface area contributed by atoms with Crippen LogP contribution in [0.4, 0.5) is 5.69 Å². The number of carbonyl (C=O) groups excluding carboxylic acids is 2. The summed E-state index contributed by atoms with van der Waals surface area (Å²) in [6.45, 7) is 3.28. The zero-order valence-electron chi connectivity index (χ0n) is 13.1. The minimum Gasteiger partial charge on any atom is -0.325 e. The summed E-state index contributed by atoms with van der Waals surface area (Å²) in [4.78, 5) is 31.9. The highest BCUT2D eigenvalue weighted by atomic mass is 32.2. The molecule has 1 amide bonds. The van der Waals surface area contributed by atoms with E-state index < -0.39 is 0 Å². The van der Waals surface area contributed by atoms with Gasteiger partial charge in [-0.3, -0.25) is 9.59 Å². The Hall–Kier alpha value is -2.74. The zero-order chi connectivity index (χ0) is 17.1. The standard InChI is InChI=1S/C16H15N5O2S/c1-10(22)12-4-6-13(7-5-12)18-14(23)11(2)24-16-19-15-17-8-3-9-21(15)20-16/h3-9,11H,1-2H3,(H,18,23). The van der Waals surface area contributed by atoms with Gasteiger partial charge in [0.15, 0.2) is 5.78 Å². The van der Waals surface area contributed by atoms with E-state index in [1.807, 2.05) is 0 Å². The molecule has 0 saturated carbocycles. The second-order valence-electron chi connectivity index (χ2n) is 5.14. The summed E-state index contributed by atoms with van der Waals surface area (Å²) in [6, 6.07) is 8.55. The summed E-state index contributed by atoms with van der Waals surface area (Å²) < 4.78 is 1.56. The van der Waals surface area contributed by atoms with Crippen LogP contribution in [0.5, 0.6) is 0 Å². The van der Waals surface area contributed by atoms with E-state index in [1.54, 1.807) is 54.2 Å². The Balaban J connectivity index is 1.64. The number of amides is 1. The summed E-state index contributed by atoms with van der Waals surface area (Å²) in [5, 5.41) is 7.18. The van der Waals surface area contributed by atoms with Crippen molar-refractivity contribution in [2.45, 2.75) is 24.3 Å². The summed E-state index contributed by atoms with van der Waals surface area (Å²) in [5.41, 5.74) is 1.25.